The lowest BCUT2D eigenvalue weighted by atomic mass is 9.39. The number of hydrogen-bond donors (Lipinski definition) is 0. The zero-order valence-electron chi connectivity index (χ0n) is 38.8. The molecule has 0 radical (unpaired) electrons. The fourth-order valence-electron chi connectivity index (χ4n) is 13.5. The van der Waals surface area contributed by atoms with Gasteiger partial charge >= 0.3 is 11.9 Å². The smallest absolute Gasteiger partial charge is 0.318 e. The summed E-state index contributed by atoms with van der Waals surface area (Å²) in [5.41, 5.74) is 16.6. The minimum Gasteiger partial charge on any atom is -0.393 e. The van der Waals surface area contributed by atoms with Crippen LogP contribution in [0.2, 0.25) is 0 Å². The molecular formula is C56H76O3. The Kier molecular flexibility index (Phi) is 13.2. The van der Waals surface area contributed by atoms with Gasteiger partial charge in [-0.1, -0.05) is 133 Å². The largest absolute Gasteiger partial charge is 0.393 e. The second-order valence-corrected chi connectivity index (χ2v) is 18.9. The molecule has 4 aromatic carbocycles. The molecule has 1 heterocycles. The molecule has 2 bridgehead atoms. The van der Waals surface area contributed by atoms with Crippen molar-refractivity contribution in [2.24, 2.45) is 11.8 Å². The SMILES string of the molecule is CCCc1c(CCC)c(CCC)c2cc3c(cc2c1CCC)C1(CCC)c2cc4c(CCC)c(CCC)c(CCC)c(CCC)c4cc2C3(CCC)[C@H]2C(=O)OC(=O)[C@H]21. The zero-order chi connectivity index (χ0) is 42.2. The van der Waals surface area contributed by atoms with Crippen molar-refractivity contribution in [3.63, 3.8) is 0 Å². The molecule has 8 rings (SSSR count). The summed E-state index contributed by atoms with van der Waals surface area (Å²) in [5.74, 6) is -1.62. The summed E-state index contributed by atoms with van der Waals surface area (Å²) in [6.45, 7) is 23.3. The number of aryl methyl sites for hydroxylation is 4. The van der Waals surface area contributed by atoms with E-state index in [9.17, 15) is 9.59 Å². The first-order valence-corrected chi connectivity index (χ1v) is 24.7. The average molecular weight is 797 g/mol. The number of esters is 2. The summed E-state index contributed by atoms with van der Waals surface area (Å²) in [6, 6.07) is 10.5. The standard InChI is InChI=1S/C56H76O3/c1-11-21-35-36(22-12-2)40(26-16-6)44-32-48-47(31-43(44)39(35)25-15-5)55(29-19-9)49-33-45-41(27-17-7)37(23-13-3)38(24-14-4)42(28-18-8)46(45)34-50(49)56(48,30-20-10)52-51(55)53(57)59-54(52)58/h31-34,51-52H,11-30H2,1-10H3/t51-,52+,55?,56?. The normalized spacial score (nSPS) is 21.7. The van der Waals surface area contributed by atoms with E-state index in [1.165, 1.54) is 66.1 Å². The number of ether oxygens (including phenoxy) is 1. The van der Waals surface area contributed by atoms with Crippen LogP contribution >= 0.6 is 0 Å². The third-order valence-electron chi connectivity index (χ3n) is 15.1. The maximum absolute atomic E-state index is 14.7. The van der Waals surface area contributed by atoms with Crippen molar-refractivity contribution in [3.05, 3.63) is 91.0 Å². The van der Waals surface area contributed by atoms with Crippen molar-refractivity contribution in [2.75, 3.05) is 0 Å². The number of rotatable bonds is 20. The number of carbonyl (C=O) groups is 2. The highest BCUT2D eigenvalue weighted by Gasteiger charge is 2.72. The Bertz CT molecular complexity index is 1950. The molecule has 59 heavy (non-hydrogen) atoms. The molecule has 0 N–H and O–H groups in total. The molecule has 0 aromatic heterocycles. The predicted molar refractivity (Wildman–Crippen MR) is 249 cm³/mol. The predicted octanol–water partition coefficient (Wildman–Crippen LogP) is 14.4. The van der Waals surface area contributed by atoms with Gasteiger partial charge in [0.1, 0.15) is 0 Å². The minimum atomic E-state index is -0.645. The lowest BCUT2D eigenvalue weighted by Crippen LogP contribution is -2.61. The van der Waals surface area contributed by atoms with Crippen molar-refractivity contribution >= 4 is 33.5 Å². The highest BCUT2D eigenvalue weighted by molar-refractivity contribution is 6.04. The molecule has 3 aliphatic carbocycles. The van der Waals surface area contributed by atoms with Crippen LogP contribution in [0.3, 0.4) is 0 Å². The van der Waals surface area contributed by atoms with Gasteiger partial charge in [0, 0.05) is 10.8 Å². The van der Waals surface area contributed by atoms with Crippen molar-refractivity contribution in [2.45, 2.75) is 208 Å². The van der Waals surface area contributed by atoms with E-state index >= 15 is 0 Å². The van der Waals surface area contributed by atoms with Crippen LogP contribution in [-0.2, 0) is 76.5 Å². The van der Waals surface area contributed by atoms with Crippen LogP contribution in [0.1, 0.15) is 213 Å². The van der Waals surface area contributed by atoms with Crippen LogP contribution in [0.5, 0.6) is 0 Å². The third kappa shape index (κ3) is 6.47. The summed E-state index contributed by atoms with van der Waals surface area (Å²) >= 11 is 0. The second kappa shape index (κ2) is 17.9. The molecule has 1 saturated heterocycles. The lowest BCUT2D eigenvalue weighted by molar-refractivity contribution is -0.154. The van der Waals surface area contributed by atoms with E-state index in [1.807, 2.05) is 0 Å². The van der Waals surface area contributed by atoms with Gasteiger partial charge in [0.15, 0.2) is 0 Å². The van der Waals surface area contributed by atoms with E-state index < -0.39 is 22.7 Å². The maximum atomic E-state index is 14.7. The summed E-state index contributed by atoms with van der Waals surface area (Å²) in [4.78, 5) is 29.3. The Morgan fingerprint density at radius 1 is 0.356 bits per heavy atom. The Morgan fingerprint density at radius 2 is 0.576 bits per heavy atom. The molecule has 2 atom stereocenters. The van der Waals surface area contributed by atoms with Gasteiger partial charge < -0.3 is 4.74 Å². The molecule has 1 aliphatic heterocycles. The van der Waals surface area contributed by atoms with Crippen LogP contribution in [0.25, 0.3) is 21.5 Å². The van der Waals surface area contributed by atoms with Crippen LogP contribution in [-0.4, -0.2) is 11.9 Å². The minimum absolute atomic E-state index is 0.290. The molecule has 0 amide bonds. The number of hydrogen-bond acceptors (Lipinski definition) is 3. The van der Waals surface area contributed by atoms with Crippen LogP contribution in [0, 0.1) is 11.8 Å². The van der Waals surface area contributed by atoms with Crippen molar-refractivity contribution < 1.29 is 14.3 Å². The fraction of sp³-hybridized carbons (Fsp3) is 0.607. The van der Waals surface area contributed by atoms with Crippen molar-refractivity contribution in [3.8, 4) is 0 Å². The second-order valence-electron chi connectivity index (χ2n) is 18.9. The maximum Gasteiger partial charge on any atom is 0.318 e. The van der Waals surface area contributed by atoms with E-state index in [4.69, 9.17) is 4.74 Å². The molecular weight excluding hydrogens is 721 g/mol. The van der Waals surface area contributed by atoms with E-state index in [0.29, 0.717) is 0 Å². The van der Waals surface area contributed by atoms with Crippen LogP contribution in [0.15, 0.2) is 24.3 Å². The highest BCUT2D eigenvalue weighted by Crippen LogP contribution is 2.70. The first kappa shape index (κ1) is 43.6. The first-order valence-electron chi connectivity index (χ1n) is 24.7. The number of carbonyl (C=O) groups excluding carboxylic acids is 2. The molecule has 0 unspecified atom stereocenters. The number of cyclic esters (lactones) is 2. The summed E-state index contributed by atoms with van der Waals surface area (Å²) in [5, 5.41) is 5.65. The van der Waals surface area contributed by atoms with Crippen molar-refractivity contribution in [1.82, 2.24) is 0 Å². The molecule has 318 valence electrons. The fourth-order valence-corrected chi connectivity index (χ4v) is 13.5. The number of fused-ring (bicyclic) bond motifs is 2. The van der Waals surface area contributed by atoms with Gasteiger partial charge in [0.25, 0.3) is 0 Å². The molecule has 1 fully saturated rings. The number of benzene rings is 4. The quantitative estimate of drug-likeness (QED) is 0.0661. The Hall–Kier alpha value is -3.46. The molecule has 3 nitrogen and oxygen atoms in total. The van der Waals surface area contributed by atoms with Gasteiger partial charge in [-0.3, -0.25) is 9.59 Å². The molecule has 0 spiro atoms. The molecule has 4 aliphatic rings. The molecule has 4 aromatic rings. The monoisotopic (exact) mass is 797 g/mol. The van der Waals surface area contributed by atoms with Gasteiger partial charge in [0.2, 0.25) is 0 Å². The Labute approximate surface area is 357 Å². The van der Waals surface area contributed by atoms with Gasteiger partial charge in [-0.25, -0.2) is 0 Å². The summed E-state index contributed by atoms with van der Waals surface area (Å²) in [7, 11) is 0. The topological polar surface area (TPSA) is 43.4 Å². The lowest BCUT2D eigenvalue weighted by Gasteiger charge is -2.60. The summed E-state index contributed by atoms with van der Waals surface area (Å²) < 4.78 is 5.96. The van der Waals surface area contributed by atoms with Crippen LogP contribution in [0.4, 0.5) is 0 Å². The van der Waals surface area contributed by atoms with E-state index in [1.54, 1.807) is 22.3 Å². The van der Waals surface area contributed by atoms with E-state index in [2.05, 4.69) is 93.5 Å². The average Bonchev–Trinajstić information content (AvgIpc) is 3.54. The van der Waals surface area contributed by atoms with Gasteiger partial charge in [0.05, 0.1) is 11.8 Å². The van der Waals surface area contributed by atoms with Gasteiger partial charge in [-0.15, -0.1) is 0 Å². The van der Waals surface area contributed by atoms with Gasteiger partial charge in [-0.05, 0) is 177 Å². The first-order chi connectivity index (χ1) is 28.7. The molecule has 3 heteroatoms. The van der Waals surface area contributed by atoms with Crippen molar-refractivity contribution in [1.29, 1.82) is 0 Å². The third-order valence-corrected chi connectivity index (χ3v) is 15.1. The van der Waals surface area contributed by atoms with E-state index in [0.717, 1.165) is 128 Å². The highest BCUT2D eigenvalue weighted by atomic mass is 16.6. The Balaban J connectivity index is 1.75. The Morgan fingerprint density at radius 3 is 0.780 bits per heavy atom. The van der Waals surface area contributed by atoms with Crippen LogP contribution < -0.4 is 0 Å². The molecule has 0 saturated carbocycles. The summed E-state index contributed by atoms with van der Waals surface area (Å²) in [6.07, 6.45) is 21.1. The van der Waals surface area contributed by atoms with E-state index in [-0.39, 0.29) is 11.9 Å². The zero-order valence-corrected chi connectivity index (χ0v) is 38.8. The van der Waals surface area contributed by atoms with Gasteiger partial charge in [-0.2, -0.15) is 0 Å².